The minimum Gasteiger partial charge on any atom is -0.395 e. The van der Waals surface area contributed by atoms with E-state index in [0.29, 0.717) is 19.0 Å². The fraction of sp³-hybridized carbons (Fsp3) is 0.500. The van der Waals surface area contributed by atoms with Crippen LogP contribution in [0.5, 0.6) is 0 Å². The van der Waals surface area contributed by atoms with E-state index in [1.807, 2.05) is 24.3 Å². The third-order valence-electron chi connectivity index (χ3n) is 3.40. The van der Waals surface area contributed by atoms with Gasteiger partial charge in [0.2, 0.25) is 0 Å². The fourth-order valence-corrected chi connectivity index (χ4v) is 2.39. The number of aromatic nitrogens is 2. The zero-order valence-corrected chi connectivity index (χ0v) is 11.0. The summed E-state index contributed by atoms with van der Waals surface area (Å²) in [6.45, 7) is 5.56. The molecule has 0 amide bonds. The lowest BCUT2D eigenvalue weighted by Crippen LogP contribution is -2.22. The van der Waals surface area contributed by atoms with Crippen LogP contribution in [0.2, 0.25) is 0 Å². The summed E-state index contributed by atoms with van der Waals surface area (Å²) in [5.74, 6) is 1.65. The summed E-state index contributed by atoms with van der Waals surface area (Å²) in [4.78, 5) is 4.70. The highest BCUT2D eigenvalue weighted by atomic mass is 16.3. The highest BCUT2D eigenvalue weighted by Gasteiger charge is 2.21. The number of rotatable bonds is 5. The van der Waals surface area contributed by atoms with Crippen molar-refractivity contribution in [1.29, 1.82) is 0 Å². The maximum absolute atomic E-state index is 9.24. The zero-order valence-electron chi connectivity index (χ0n) is 11.0. The van der Waals surface area contributed by atoms with Crippen LogP contribution >= 0.6 is 0 Å². The molecular formula is C14H21N3O. The number of nitrogens with zero attached hydrogens (tertiary/aromatic N) is 2. The van der Waals surface area contributed by atoms with Crippen molar-refractivity contribution in [2.45, 2.75) is 26.3 Å². The normalized spacial score (nSPS) is 13.4. The van der Waals surface area contributed by atoms with Crippen LogP contribution in [-0.2, 0) is 6.54 Å². The number of benzene rings is 1. The van der Waals surface area contributed by atoms with Crippen LogP contribution in [0.1, 0.15) is 25.6 Å². The van der Waals surface area contributed by atoms with Crippen molar-refractivity contribution in [3.05, 3.63) is 30.1 Å². The van der Waals surface area contributed by atoms with Gasteiger partial charge in [0.25, 0.3) is 0 Å². The van der Waals surface area contributed by atoms with Gasteiger partial charge in [-0.05, 0) is 18.1 Å². The van der Waals surface area contributed by atoms with Crippen LogP contribution in [-0.4, -0.2) is 27.8 Å². The van der Waals surface area contributed by atoms with Gasteiger partial charge in [-0.3, -0.25) is 0 Å². The summed E-state index contributed by atoms with van der Waals surface area (Å²) in [5, 5.41) is 9.24. The zero-order chi connectivity index (χ0) is 13.1. The largest absolute Gasteiger partial charge is 0.395 e. The average molecular weight is 247 g/mol. The van der Waals surface area contributed by atoms with E-state index in [1.54, 1.807) is 0 Å². The van der Waals surface area contributed by atoms with Gasteiger partial charge in [0.15, 0.2) is 0 Å². The van der Waals surface area contributed by atoms with Crippen molar-refractivity contribution in [1.82, 2.24) is 9.55 Å². The Bertz CT molecular complexity index is 519. The minimum absolute atomic E-state index is 0.114. The second-order valence-electron chi connectivity index (χ2n) is 4.92. The molecule has 0 saturated heterocycles. The summed E-state index contributed by atoms with van der Waals surface area (Å²) in [7, 11) is 0. The number of hydrogen-bond acceptors (Lipinski definition) is 3. The summed E-state index contributed by atoms with van der Waals surface area (Å²) in [6, 6.07) is 8.01. The first kappa shape index (κ1) is 13.1. The Morgan fingerprint density at radius 2 is 2.06 bits per heavy atom. The first-order valence-electron chi connectivity index (χ1n) is 6.45. The molecule has 4 heteroatoms. The third kappa shape index (κ3) is 2.26. The molecule has 1 aromatic carbocycles. The fourth-order valence-electron chi connectivity index (χ4n) is 2.39. The highest BCUT2D eigenvalue weighted by molar-refractivity contribution is 5.76. The number of nitrogens with two attached hydrogens (primary N) is 1. The Morgan fingerprint density at radius 1 is 1.33 bits per heavy atom. The number of imidazole rings is 1. The SMILES string of the molecule is CC(C)C(CN)c1nc2ccccc2n1CCO. The Kier molecular flexibility index (Phi) is 3.99. The monoisotopic (exact) mass is 247 g/mol. The van der Waals surface area contributed by atoms with Gasteiger partial charge in [0.05, 0.1) is 17.6 Å². The number of aliphatic hydroxyl groups is 1. The second kappa shape index (κ2) is 5.50. The van der Waals surface area contributed by atoms with Crippen LogP contribution in [0, 0.1) is 5.92 Å². The van der Waals surface area contributed by atoms with Gasteiger partial charge in [-0.25, -0.2) is 4.98 Å². The topological polar surface area (TPSA) is 64.1 Å². The molecule has 0 spiro atoms. The Labute approximate surface area is 107 Å². The Morgan fingerprint density at radius 3 is 2.67 bits per heavy atom. The van der Waals surface area contributed by atoms with Crippen LogP contribution in [0.3, 0.4) is 0 Å². The van der Waals surface area contributed by atoms with Crippen LogP contribution in [0.4, 0.5) is 0 Å². The van der Waals surface area contributed by atoms with Crippen LogP contribution in [0.15, 0.2) is 24.3 Å². The summed E-state index contributed by atoms with van der Waals surface area (Å²) < 4.78 is 2.09. The molecule has 3 N–H and O–H groups in total. The Balaban J connectivity index is 2.57. The summed E-state index contributed by atoms with van der Waals surface area (Å²) >= 11 is 0. The smallest absolute Gasteiger partial charge is 0.114 e. The molecule has 1 heterocycles. The highest BCUT2D eigenvalue weighted by Crippen LogP contribution is 2.26. The summed E-state index contributed by atoms with van der Waals surface area (Å²) in [5.41, 5.74) is 7.92. The molecule has 0 bridgehead atoms. The molecule has 4 nitrogen and oxygen atoms in total. The maximum atomic E-state index is 9.24. The first-order valence-corrected chi connectivity index (χ1v) is 6.45. The Hall–Kier alpha value is -1.39. The standard InChI is InChI=1S/C14H21N3O/c1-10(2)11(9-15)14-16-12-5-3-4-6-13(12)17(14)7-8-18/h3-6,10-11,18H,7-9,15H2,1-2H3. The molecule has 1 unspecified atom stereocenters. The van der Waals surface area contributed by atoms with Gasteiger partial charge in [-0.15, -0.1) is 0 Å². The van der Waals surface area contributed by atoms with Crippen molar-refractivity contribution >= 4 is 11.0 Å². The first-order chi connectivity index (χ1) is 8.69. The molecule has 1 atom stereocenters. The predicted octanol–water partition coefficient (Wildman–Crippen LogP) is 1.73. The average Bonchev–Trinajstić information content (AvgIpc) is 2.70. The molecule has 18 heavy (non-hydrogen) atoms. The number of hydrogen-bond donors (Lipinski definition) is 2. The van der Waals surface area contributed by atoms with Gasteiger partial charge in [-0.1, -0.05) is 26.0 Å². The van der Waals surface area contributed by atoms with Crippen molar-refractivity contribution < 1.29 is 5.11 Å². The quantitative estimate of drug-likeness (QED) is 0.845. The van der Waals surface area contributed by atoms with E-state index in [1.165, 1.54) is 0 Å². The molecule has 0 aliphatic heterocycles. The number of para-hydroxylation sites is 2. The van der Waals surface area contributed by atoms with Gasteiger partial charge in [-0.2, -0.15) is 0 Å². The van der Waals surface area contributed by atoms with Crippen molar-refractivity contribution in [3.63, 3.8) is 0 Å². The second-order valence-corrected chi connectivity index (χ2v) is 4.92. The van der Waals surface area contributed by atoms with Gasteiger partial charge >= 0.3 is 0 Å². The van der Waals surface area contributed by atoms with Crippen molar-refractivity contribution in [2.24, 2.45) is 11.7 Å². The molecule has 0 aliphatic rings. The van der Waals surface area contributed by atoms with Crippen molar-refractivity contribution in [2.75, 3.05) is 13.2 Å². The molecule has 0 fully saturated rings. The lowest BCUT2D eigenvalue weighted by atomic mass is 9.95. The molecule has 0 saturated carbocycles. The van der Waals surface area contributed by atoms with Crippen LogP contribution in [0.25, 0.3) is 11.0 Å². The number of aliphatic hydroxyl groups excluding tert-OH is 1. The molecule has 1 aromatic heterocycles. The molecular weight excluding hydrogens is 226 g/mol. The molecule has 2 rings (SSSR count). The van der Waals surface area contributed by atoms with E-state index < -0.39 is 0 Å². The van der Waals surface area contributed by atoms with Gasteiger partial charge in [0, 0.05) is 19.0 Å². The summed E-state index contributed by atoms with van der Waals surface area (Å²) in [6.07, 6.45) is 0. The molecule has 0 radical (unpaired) electrons. The molecule has 2 aromatic rings. The van der Waals surface area contributed by atoms with Crippen LogP contribution < -0.4 is 5.73 Å². The molecule has 0 aliphatic carbocycles. The predicted molar refractivity (Wildman–Crippen MR) is 73.5 cm³/mol. The van der Waals surface area contributed by atoms with E-state index in [9.17, 15) is 5.11 Å². The van der Waals surface area contributed by atoms with Gasteiger partial charge in [0.1, 0.15) is 5.82 Å². The van der Waals surface area contributed by atoms with E-state index in [0.717, 1.165) is 16.9 Å². The van der Waals surface area contributed by atoms with E-state index in [-0.39, 0.29) is 12.5 Å². The maximum Gasteiger partial charge on any atom is 0.114 e. The van der Waals surface area contributed by atoms with E-state index in [4.69, 9.17) is 10.7 Å². The van der Waals surface area contributed by atoms with Crippen molar-refractivity contribution in [3.8, 4) is 0 Å². The lowest BCUT2D eigenvalue weighted by Gasteiger charge is -2.19. The van der Waals surface area contributed by atoms with E-state index in [2.05, 4.69) is 18.4 Å². The van der Waals surface area contributed by atoms with Gasteiger partial charge < -0.3 is 15.4 Å². The minimum atomic E-state index is 0.114. The molecule has 98 valence electrons. The lowest BCUT2D eigenvalue weighted by molar-refractivity contribution is 0.273. The van der Waals surface area contributed by atoms with E-state index >= 15 is 0 Å². The third-order valence-corrected chi connectivity index (χ3v) is 3.40. The number of fused-ring (bicyclic) bond motifs is 1.